The van der Waals surface area contributed by atoms with Gasteiger partial charge in [-0.1, -0.05) is 30.3 Å². The summed E-state index contributed by atoms with van der Waals surface area (Å²) in [5.74, 6) is 0. The molecule has 0 aromatic heterocycles. The maximum Gasteiger partial charge on any atom is 0.113 e. The molecule has 0 amide bonds. The van der Waals surface area contributed by atoms with Gasteiger partial charge in [-0.2, -0.15) is 0 Å². The van der Waals surface area contributed by atoms with E-state index in [1.807, 2.05) is 0 Å². The summed E-state index contributed by atoms with van der Waals surface area (Å²) in [6.07, 6.45) is -8.19. The fourth-order valence-electron chi connectivity index (χ4n) is 1.57. The fraction of sp³-hybridized carbons (Fsp3) is 0.500. The number of aliphatic hydroxyl groups is 6. The molecule has 6 N–H and O–H groups in total. The molecule has 6 nitrogen and oxygen atoms in total. The Morgan fingerprint density at radius 3 is 1.83 bits per heavy atom. The second-order valence-electron chi connectivity index (χ2n) is 4.08. The highest BCUT2D eigenvalue weighted by molar-refractivity contribution is 5.18. The smallest absolute Gasteiger partial charge is 0.113 e. The van der Waals surface area contributed by atoms with Gasteiger partial charge in [0.15, 0.2) is 0 Å². The van der Waals surface area contributed by atoms with Gasteiger partial charge in [0.05, 0.1) is 6.61 Å². The van der Waals surface area contributed by atoms with E-state index in [4.69, 9.17) is 10.2 Å². The molecule has 5 atom stereocenters. The Hall–Kier alpha value is -1.02. The molecular formula is C12H18O6. The molecule has 1 aromatic carbocycles. The van der Waals surface area contributed by atoms with Gasteiger partial charge in [-0.05, 0) is 5.56 Å². The normalized spacial score (nSPS) is 19.9. The summed E-state index contributed by atoms with van der Waals surface area (Å²) in [6.45, 7) is -0.758. The van der Waals surface area contributed by atoms with Gasteiger partial charge in [0.25, 0.3) is 0 Å². The highest BCUT2D eigenvalue weighted by atomic mass is 16.4. The van der Waals surface area contributed by atoms with E-state index < -0.39 is 37.1 Å². The molecule has 0 aliphatic carbocycles. The van der Waals surface area contributed by atoms with Crippen molar-refractivity contribution in [2.45, 2.75) is 30.5 Å². The molecular weight excluding hydrogens is 240 g/mol. The molecule has 0 saturated carbocycles. The first-order valence-electron chi connectivity index (χ1n) is 5.55. The Morgan fingerprint density at radius 1 is 0.778 bits per heavy atom. The van der Waals surface area contributed by atoms with Crippen molar-refractivity contribution in [2.24, 2.45) is 0 Å². The van der Waals surface area contributed by atoms with Gasteiger partial charge in [0.2, 0.25) is 0 Å². The van der Waals surface area contributed by atoms with Crippen LogP contribution in [0.2, 0.25) is 0 Å². The van der Waals surface area contributed by atoms with E-state index in [1.165, 1.54) is 0 Å². The van der Waals surface area contributed by atoms with Gasteiger partial charge in [-0.25, -0.2) is 0 Å². The fourth-order valence-corrected chi connectivity index (χ4v) is 1.57. The largest absolute Gasteiger partial charge is 0.394 e. The maximum absolute atomic E-state index is 9.80. The number of aliphatic hydroxyl groups excluding tert-OH is 6. The van der Waals surface area contributed by atoms with Crippen LogP contribution >= 0.6 is 0 Å². The van der Waals surface area contributed by atoms with Crippen LogP contribution in [0.5, 0.6) is 0 Å². The van der Waals surface area contributed by atoms with E-state index in [1.54, 1.807) is 30.3 Å². The molecule has 18 heavy (non-hydrogen) atoms. The molecule has 1 rings (SSSR count). The first kappa shape index (κ1) is 15.0. The standard InChI is InChI=1S/C12H18O6/c13-6-8(14)10(16)12(18)11(17)9(15)7-4-2-1-3-5-7/h1-5,8-18H,6H2/t8-,9?,10-,11+,12+/m1/s1. The van der Waals surface area contributed by atoms with Gasteiger partial charge in [0.1, 0.15) is 30.5 Å². The summed E-state index contributed by atoms with van der Waals surface area (Å²) in [5, 5.41) is 56.3. The third kappa shape index (κ3) is 3.49. The summed E-state index contributed by atoms with van der Waals surface area (Å²) in [6, 6.07) is 8.13. The van der Waals surface area contributed by atoms with Crippen LogP contribution in [0.1, 0.15) is 11.7 Å². The molecule has 0 saturated heterocycles. The highest BCUT2D eigenvalue weighted by Crippen LogP contribution is 2.20. The number of benzene rings is 1. The van der Waals surface area contributed by atoms with E-state index in [9.17, 15) is 20.4 Å². The molecule has 0 bridgehead atoms. The van der Waals surface area contributed by atoms with Crippen LogP contribution in [0.25, 0.3) is 0 Å². The van der Waals surface area contributed by atoms with Gasteiger partial charge in [0, 0.05) is 0 Å². The first-order chi connectivity index (χ1) is 8.49. The van der Waals surface area contributed by atoms with Crippen LogP contribution in [0.15, 0.2) is 30.3 Å². The minimum atomic E-state index is -1.78. The molecule has 0 spiro atoms. The monoisotopic (exact) mass is 258 g/mol. The van der Waals surface area contributed by atoms with Crippen LogP contribution in [0.4, 0.5) is 0 Å². The average molecular weight is 258 g/mol. The SMILES string of the molecule is OC[C@@H](O)[C@@H](O)[C@H](O)[C@@H](O)C(O)c1ccccc1. The second-order valence-corrected chi connectivity index (χ2v) is 4.08. The van der Waals surface area contributed by atoms with Crippen molar-refractivity contribution in [3.8, 4) is 0 Å². The topological polar surface area (TPSA) is 121 Å². The van der Waals surface area contributed by atoms with Crippen LogP contribution in [-0.4, -0.2) is 61.7 Å². The van der Waals surface area contributed by atoms with Gasteiger partial charge >= 0.3 is 0 Å². The number of hydrogen-bond donors (Lipinski definition) is 6. The predicted molar refractivity (Wildman–Crippen MR) is 62.5 cm³/mol. The minimum Gasteiger partial charge on any atom is -0.394 e. The van der Waals surface area contributed by atoms with Gasteiger partial charge in [-0.3, -0.25) is 0 Å². The molecule has 102 valence electrons. The molecule has 0 aliphatic rings. The Bertz CT molecular complexity index is 344. The third-order valence-corrected chi connectivity index (χ3v) is 2.75. The van der Waals surface area contributed by atoms with Crippen molar-refractivity contribution in [2.75, 3.05) is 6.61 Å². The Balaban J connectivity index is 2.72. The Morgan fingerprint density at radius 2 is 1.33 bits per heavy atom. The van der Waals surface area contributed by atoms with Crippen LogP contribution < -0.4 is 0 Å². The zero-order valence-electron chi connectivity index (χ0n) is 9.66. The van der Waals surface area contributed by atoms with Crippen LogP contribution in [0.3, 0.4) is 0 Å². The number of hydrogen-bond acceptors (Lipinski definition) is 6. The lowest BCUT2D eigenvalue weighted by Crippen LogP contribution is -2.47. The second kappa shape index (κ2) is 6.79. The maximum atomic E-state index is 9.80. The minimum absolute atomic E-state index is 0.370. The summed E-state index contributed by atoms with van der Waals surface area (Å²) < 4.78 is 0. The van der Waals surface area contributed by atoms with Crippen molar-refractivity contribution < 1.29 is 30.6 Å². The van der Waals surface area contributed by atoms with E-state index >= 15 is 0 Å². The highest BCUT2D eigenvalue weighted by Gasteiger charge is 2.34. The Labute approximate surface area is 104 Å². The summed E-state index contributed by atoms with van der Waals surface area (Å²) in [5.41, 5.74) is 0.370. The van der Waals surface area contributed by atoms with Gasteiger partial charge in [-0.15, -0.1) is 0 Å². The predicted octanol–water partition coefficient (Wildman–Crippen LogP) is -1.84. The molecule has 0 fully saturated rings. The van der Waals surface area contributed by atoms with E-state index in [2.05, 4.69) is 0 Å². The van der Waals surface area contributed by atoms with Crippen molar-refractivity contribution in [3.05, 3.63) is 35.9 Å². The molecule has 6 heteroatoms. The van der Waals surface area contributed by atoms with E-state index in [-0.39, 0.29) is 0 Å². The molecule has 1 aromatic rings. The van der Waals surface area contributed by atoms with Crippen molar-refractivity contribution in [3.63, 3.8) is 0 Å². The van der Waals surface area contributed by atoms with Gasteiger partial charge < -0.3 is 30.6 Å². The summed E-state index contributed by atoms with van der Waals surface area (Å²) in [4.78, 5) is 0. The van der Waals surface area contributed by atoms with Crippen molar-refractivity contribution in [1.29, 1.82) is 0 Å². The van der Waals surface area contributed by atoms with Crippen LogP contribution in [0, 0.1) is 0 Å². The summed E-state index contributed by atoms with van der Waals surface area (Å²) >= 11 is 0. The lowest BCUT2D eigenvalue weighted by Gasteiger charge is -2.28. The van der Waals surface area contributed by atoms with Crippen molar-refractivity contribution >= 4 is 0 Å². The van der Waals surface area contributed by atoms with Crippen molar-refractivity contribution in [1.82, 2.24) is 0 Å². The first-order valence-corrected chi connectivity index (χ1v) is 5.55. The molecule has 0 heterocycles. The zero-order valence-corrected chi connectivity index (χ0v) is 9.66. The molecule has 0 radical (unpaired) electrons. The number of rotatable bonds is 6. The summed E-state index contributed by atoms with van der Waals surface area (Å²) in [7, 11) is 0. The quantitative estimate of drug-likeness (QED) is 0.356. The third-order valence-electron chi connectivity index (χ3n) is 2.75. The lowest BCUT2D eigenvalue weighted by molar-refractivity contribution is -0.141. The van der Waals surface area contributed by atoms with Crippen LogP contribution in [-0.2, 0) is 0 Å². The molecule has 1 unspecified atom stereocenters. The van der Waals surface area contributed by atoms with E-state index in [0.717, 1.165) is 0 Å². The average Bonchev–Trinajstić information content (AvgIpc) is 2.44. The van der Waals surface area contributed by atoms with E-state index in [0.29, 0.717) is 5.56 Å². The zero-order chi connectivity index (χ0) is 13.7. The Kier molecular flexibility index (Phi) is 5.67. The molecule has 0 aliphatic heterocycles. The lowest BCUT2D eigenvalue weighted by atomic mass is 9.95.